The van der Waals surface area contributed by atoms with E-state index in [1.807, 2.05) is 84.4 Å². The highest BCUT2D eigenvalue weighted by Crippen LogP contribution is 2.28. The zero-order valence-electron chi connectivity index (χ0n) is 21.3. The molecule has 8 heteroatoms. The van der Waals surface area contributed by atoms with Gasteiger partial charge in [0.05, 0.1) is 12.2 Å². The number of hydrogen-bond donors (Lipinski definition) is 1. The molecule has 35 heavy (non-hydrogen) atoms. The first-order valence-electron chi connectivity index (χ1n) is 11.5. The van der Waals surface area contributed by atoms with Crippen molar-refractivity contribution in [3.8, 4) is 11.1 Å². The van der Waals surface area contributed by atoms with Crippen molar-refractivity contribution in [2.75, 3.05) is 7.05 Å². The van der Waals surface area contributed by atoms with Gasteiger partial charge in [-0.05, 0) is 81.1 Å². The average molecular weight is 541 g/mol. The van der Waals surface area contributed by atoms with Crippen LogP contribution in [-0.2, 0) is 18.3 Å². The van der Waals surface area contributed by atoms with Gasteiger partial charge in [-0.3, -0.25) is 9.48 Å². The predicted molar refractivity (Wildman–Crippen MR) is 141 cm³/mol. The Balaban J connectivity index is 1.75. The van der Waals surface area contributed by atoms with Crippen LogP contribution in [-0.4, -0.2) is 39.3 Å². The summed E-state index contributed by atoms with van der Waals surface area (Å²) in [6, 6.07) is 11.5. The van der Waals surface area contributed by atoms with Crippen molar-refractivity contribution in [2.24, 2.45) is 7.05 Å². The fraction of sp³-hybridized carbons (Fsp3) is 0.370. The second kappa shape index (κ2) is 10.6. The number of aryl methyl sites for hydroxylation is 2. The molecule has 1 atom stereocenters. The van der Waals surface area contributed by atoms with E-state index < -0.39 is 11.7 Å². The maximum Gasteiger partial charge on any atom is 0.410 e. The molecule has 0 aliphatic heterocycles. The molecule has 1 aromatic heterocycles. The molecule has 0 bridgehead atoms. The van der Waals surface area contributed by atoms with Crippen LogP contribution in [0.5, 0.6) is 0 Å². The van der Waals surface area contributed by atoms with Crippen molar-refractivity contribution >= 4 is 27.9 Å². The lowest BCUT2D eigenvalue weighted by molar-refractivity contribution is 0.0285. The Morgan fingerprint density at radius 3 is 2.51 bits per heavy atom. The number of nitrogens with zero attached hydrogens (tertiary/aromatic N) is 3. The van der Waals surface area contributed by atoms with Crippen LogP contribution in [0.25, 0.3) is 11.1 Å². The van der Waals surface area contributed by atoms with E-state index in [4.69, 9.17) is 4.74 Å². The van der Waals surface area contributed by atoms with E-state index in [2.05, 4.69) is 32.4 Å². The molecule has 2 aromatic carbocycles. The summed E-state index contributed by atoms with van der Waals surface area (Å²) in [6.07, 6.45) is 3.37. The lowest BCUT2D eigenvalue weighted by Gasteiger charge is -2.25. The van der Waals surface area contributed by atoms with Crippen LogP contribution in [0.15, 0.2) is 53.3 Å². The Labute approximate surface area is 215 Å². The first kappa shape index (κ1) is 26.5. The van der Waals surface area contributed by atoms with Gasteiger partial charge in [0.2, 0.25) is 0 Å². The van der Waals surface area contributed by atoms with Crippen LogP contribution in [0.3, 0.4) is 0 Å². The SMILES string of the molecule is Cc1ccc(CN(C)C(=O)OC(C)(C)C)cc1C(=O)NC(C)c1cc(Br)cc(-c2cnn(C)c2)c1. The first-order chi connectivity index (χ1) is 16.3. The highest BCUT2D eigenvalue weighted by Gasteiger charge is 2.21. The highest BCUT2D eigenvalue weighted by molar-refractivity contribution is 9.10. The number of aromatic nitrogens is 2. The fourth-order valence-corrected chi connectivity index (χ4v) is 4.16. The van der Waals surface area contributed by atoms with Gasteiger partial charge in [0.15, 0.2) is 0 Å². The van der Waals surface area contributed by atoms with Crippen LogP contribution in [0.1, 0.15) is 60.8 Å². The van der Waals surface area contributed by atoms with Gasteiger partial charge in [-0.15, -0.1) is 0 Å². The monoisotopic (exact) mass is 540 g/mol. The Morgan fingerprint density at radius 1 is 1.17 bits per heavy atom. The average Bonchev–Trinajstić information content (AvgIpc) is 3.19. The van der Waals surface area contributed by atoms with Crippen LogP contribution in [0.4, 0.5) is 4.79 Å². The lowest BCUT2D eigenvalue weighted by atomic mass is 10.0. The molecule has 0 spiro atoms. The van der Waals surface area contributed by atoms with E-state index in [1.54, 1.807) is 11.7 Å². The van der Waals surface area contributed by atoms with Gasteiger partial charge in [0.1, 0.15) is 5.60 Å². The maximum atomic E-state index is 13.2. The van der Waals surface area contributed by atoms with Crippen molar-refractivity contribution in [1.82, 2.24) is 20.0 Å². The van der Waals surface area contributed by atoms with Gasteiger partial charge < -0.3 is 15.0 Å². The summed E-state index contributed by atoms with van der Waals surface area (Å²) in [6.45, 7) is 9.70. The maximum absolute atomic E-state index is 13.2. The van der Waals surface area contributed by atoms with Crippen LogP contribution < -0.4 is 5.32 Å². The van der Waals surface area contributed by atoms with E-state index in [0.29, 0.717) is 12.1 Å². The third-order valence-electron chi connectivity index (χ3n) is 5.48. The molecule has 1 N–H and O–H groups in total. The number of carbonyl (C=O) groups excluding carboxylic acids is 2. The quantitative estimate of drug-likeness (QED) is 0.415. The molecule has 1 unspecified atom stereocenters. The van der Waals surface area contributed by atoms with E-state index in [9.17, 15) is 9.59 Å². The smallest absolute Gasteiger partial charge is 0.410 e. The Kier molecular flexibility index (Phi) is 8.05. The molecule has 186 valence electrons. The third-order valence-corrected chi connectivity index (χ3v) is 5.94. The number of ether oxygens (including phenoxy) is 1. The number of rotatable bonds is 6. The Bertz CT molecular complexity index is 1230. The summed E-state index contributed by atoms with van der Waals surface area (Å²) in [5, 5.41) is 7.36. The summed E-state index contributed by atoms with van der Waals surface area (Å²) in [4.78, 5) is 27.0. The topological polar surface area (TPSA) is 76.5 Å². The molecule has 2 amide bonds. The number of nitrogens with one attached hydrogen (secondary N) is 1. The van der Waals surface area contributed by atoms with Crippen molar-refractivity contribution in [2.45, 2.75) is 52.8 Å². The first-order valence-corrected chi connectivity index (χ1v) is 12.3. The molecule has 1 heterocycles. The summed E-state index contributed by atoms with van der Waals surface area (Å²) in [7, 11) is 3.57. The van der Waals surface area contributed by atoms with Gasteiger partial charge in [0, 0.05) is 42.4 Å². The fourth-order valence-electron chi connectivity index (χ4n) is 3.65. The molecule has 0 saturated heterocycles. The number of hydrogen-bond acceptors (Lipinski definition) is 4. The second-order valence-electron chi connectivity index (χ2n) is 9.86. The Morgan fingerprint density at radius 2 is 1.89 bits per heavy atom. The predicted octanol–water partition coefficient (Wildman–Crippen LogP) is 6.02. The van der Waals surface area contributed by atoms with Gasteiger partial charge in [-0.1, -0.05) is 28.1 Å². The van der Waals surface area contributed by atoms with Gasteiger partial charge >= 0.3 is 6.09 Å². The van der Waals surface area contributed by atoms with Crippen molar-refractivity contribution in [3.05, 3.63) is 75.5 Å². The standard InChI is InChI=1S/C27H33BrN4O3/c1-17-8-9-19(15-31(6)26(34)35-27(3,4)5)10-24(17)25(33)30-18(2)20-11-21(13-23(28)12-20)22-14-29-32(7)16-22/h8-14,16,18H,15H2,1-7H3,(H,30,33). The minimum absolute atomic E-state index is 0.167. The molecule has 3 aromatic rings. The zero-order chi connectivity index (χ0) is 25.9. The molecule has 0 radical (unpaired) electrons. The van der Waals surface area contributed by atoms with E-state index in [0.717, 1.165) is 32.3 Å². The van der Waals surface area contributed by atoms with Gasteiger partial charge in [0.25, 0.3) is 5.91 Å². The van der Waals surface area contributed by atoms with Crippen molar-refractivity contribution in [1.29, 1.82) is 0 Å². The number of carbonyl (C=O) groups is 2. The molecular weight excluding hydrogens is 508 g/mol. The van der Waals surface area contributed by atoms with Crippen LogP contribution >= 0.6 is 15.9 Å². The highest BCUT2D eigenvalue weighted by atomic mass is 79.9. The van der Waals surface area contributed by atoms with E-state index >= 15 is 0 Å². The third kappa shape index (κ3) is 7.18. The van der Waals surface area contributed by atoms with E-state index in [1.165, 1.54) is 4.90 Å². The molecule has 0 aliphatic rings. The molecule has 0 fully saturated rings. The largest absolute Gasteiger partial charge is 0.444 e. The van der Waals surface area contributed by atoms with Gasteiger partial charge in [-0.2, -0.15) is 5.10 Å². The lowest BCUT2D eigenvalue weighted by Crippen LogP contribution is -2.34. The summed E-state index contributed by atoms with van der Waals surface area (Å²) >= 11 is 3.59. The number of amides is 2. The second-order valence-corrected chi connectivity index (χ2v) is 10.8. The normalized spacial score (nSPS) is 12.2. The number of halogens is 1. The Hall–Kier alpha value is -3.13. The van der Waals surface area contributed by atoms with Crippen molar-refractivity contribution in [3.63, 3.8) is 0 Å². The summed E-state index contributed by atoms with van der Waals surface area (Å²) in [5.74, 6) is -0.167. The summed E-state index contributed by atoms with van der Waals surface area (Å²) < 4.78 is 8.12. The molecule has 0 aliphatic carbocycles. The molecule has 0 saturated carbocycles. The van der Waals surface area contributed by atoms with E-state index in [-0.39, 0.29) is 11.9 Å². The summed E-state index contributed by atoms with van der Waals surface area (Å²) in [5.41, 5.74) is 4.73. The molecule has 3 rings (SSSR count). The van der Waals surface area contributed by atoms with Gasteiger partial charge in [-0.25, -0.2) is 4.79 Å². The minimum atomic E-state index is -0.566. The minimum Gasteiger partial charge on any atom is -0.444 e. The number of benzene rings is 2. The molecular formula is C27H33BrN4O3. The van der Waals surface area contributed by atoms with Crippen molar-refractivity contribution < 1.29 is 14.3 Å². The van der Waals surface area contributed by atoms with Crippen LogP contribution in [0.2, 0.25) is 0 Å². The molecule has 7 nitrogen and oxygen atoms in total. The zero-order valence-corrected chi connectivity index (χ0v) is 22.9. The van der Waals surface area contributed by atoms with Crippen LogP contribution in [0, 0.1) is 6.92 Å².